The van der Waals surface area contributed by atoms with Gasteiger partial charge < -0.3 is 14.7 Å². The monoisotopic (exact) mass is 334 g/mol. The van der Waals surface area contributed by atoms with Crippen LogP contribution in [0.3, 0.4) is 0 Å². The molecular weight excluding hydrogens is 312 g/mol. The molecule has 24 heavy (non-hydrogen) atoms. The summed E-state index contributed by atoms with van der Waals surface area (Å²) >= 11 is 0. The van der Waals surface area contributed by atoms with E-state index in [4.69, 9.17) is 9.57 Å². The van der Waals surface area contributed by atoms with Crippen molar-refractivity contribution in [2.75, 3.05) is 6.54 Å². The Hall–Kier alpha value is -2.22. The quantitative estimate of drug-likeness (QED) is 0.884. The van der Waals surface area contributed by atoms with Gasteiger partial charge in [-0.25, -0.2) is 14.8 Å². The number of rotatable bonds is 2. The van der Waals surface area contributed by atoms with E-state index >= 15 is 0 Å². The Morgan fingerprint density at radius 3 is 2.79 bits per heavy atom. The average Bonchev–Trinajstić information content (AvgIpc) is 3.14. The summed E-state index contributed by atoms with van der Waals surface area (Å²) in [5.74, 6) is -1.17. The molecule has 130 valence electrons. The van der Waals surface area contributed by atoms with Crippen molar-refractivity contribution >= 4 is 11.8 Å². The third-order valence-corrected chi connectivity index (χ3v) is 3.96. The van der Waals surface area contributed by atoms with E-state index in [0.29, 0.717) is 24.5 Å². The maximum absolute atomic E-state index is 12.4. The summed E-state index contributed by atoms with van der Waals surface area (Å²) in [6, 6.07) is 1.19. The molecule has 0 spiro atoms. The van der Waals surface area contributed by atoms with Crippen LogP contribution in [-0.2, 0) is 9.57 Å². The predicted molar refractivity (Wildman–Crippen MR) is 85.2 cm³/mol. The number of hydrogen-bond acceptors (Lipinski definition) is 7. The Balaban J connectivity index is 1.73. The maximum atomic E-state index is 12.4. The van der Waals surface area contributed by atoms with Gasteiger partial charge in [-0.15, -0.1) is 0 Å². The first-order valence-electron chi connectivity index (χ1n) is 8.03. The van der Waals surface area contributed by atoms with Gasteiger partial charge in [0.1, 0.15) is 17.4 Å². The molecule has 0 bridgehead atoms. The van der Waals surface area contributed by atoms with Gasteiger partial charge in [0.05, 0.1) is 6.42 Å². The van der Waals surface area contributed by atoms with Gasteiger partial charge in [-0.3, -0.25) is 4.90 Å². The topological polar surface area (TPSA) is 97.1 Å². The van der Waals surface area contributed by atoms with Crippen LogP contribution in [0.4, 0.5) is 4.79 Å². The number of likely N-dealkylation sites (tertiary alicyclic amines) is 1. The lowest BCUT2D eigenvalue weighted by Gasteiger charge is -2.34. The van der Waals surface area contributed by atoms with E-state index in [1.807, 2.05) is 20.8 Å². The number of aromatic nitrogens is 2. The number of carbonyl (C=O) groups is 1. The molecule has 1 N–H and O–H groups in total. The number of nitrogens with zero attached hydrogens (tertiary/aromatic N) is 4. The Morgan fingerprint density at radius 2 is 2.12 bits per heavy atom. The lowest BCUT2D eigenvalue weighted by atomic mass is 9.99. The van der Waals surface area contributed by atoms with Gasteiger partial charge in [0.25, 0.3) is 5.79 Å². The van der Waals surface area contributed by atoms with Crippen LogP contribution in [0.15, 0.2) is 23.6 Å². The van der Waals surface area contributed by atoms with Crippen LogP contribution in [0.25, 0.3) is 0 Å². The van der Waals surface area contributed by atoms with Crippen molar-refractivity contribution in [3.8, 4) is 0 Å². The highest BCUT2D eigenvalue weighted by atomic mass is 16.7. The van der Waals surface area contributed by atoms with E-state index in [1.54, 1.807) is 18.5 Å². The number of hydrogen-bond donors (Lipinski definition) is 1. The van der Waals surface area contributed by atoms with Gasteiger partial charge in [0.15, 0.2) is 5.82 Å². The van der Waals surface area contributed by atoms with E-state index in [1.165, 1.54) is 4.90 Å². The van der Waals surface area contributed by atoms with Crippen LogP contribution >= 0.6 is 0 Å². The molecule has 2 aliphatic rings. The zero-order valence-corrected chi connectivity index (χ0v) is 14.1. The number of ether oxygens (including phenoxy) is 1. The number of aliphatic hydroxyl groups is 1. The minimum Gasteiger partial charge on any atom is -0.444 e. The highest BCUT2D eigenvalue weighted by Crippen LogP contribution is 2.35. The van der Waals surface area contributed by atoms with Crippen molar-refractivity contribution in [1.82, 2.24) is 14.9 Å². The van der Waals surface area contributed by atoms with Crippen molar-refractivity contribution in [1.29, 1.82) is 0 Å². The highest BCUT2D eigenvalue weighted by molar-refractivity contribution is 5.98. The summed E-state index contributed by atoms with van der Waals surface area (Å²) in [6.45, 7) is 5.95. The molecule has 1 aromatic rings. The fraction of sp³-hybridized carbons (Fsp3) is 0.625. The van der Waals surface area contributed by atoms with E-state index in [-0.39, 0.29) is 6.42 Å². The molecule has 1 aromatic heterocycles. The summed E-state index contributed by atoms with van der Waals surface area (Å²) in [5.41, 5.74) is -0.128. The lowest BCUT2D eigenvalue weighted by Crippen LogP contribution is -2.53. The molecule has 3 rings (SSSR count). The average molecular weight is 334 g/mol. The summed E-state index contributed by atoms with van der Waals surface area (Å²) in [7, 11) is 0. The third kappa shape index (κ3) is 3.33. The summed E-state index contributed by atoms with van der Waals surface area (Å²) < 4.78 is 5.43. The largest absolute Gasteiger partial charge is 0.444 e. The molecule has 0 saturated carbocycles. The molecule has 1 unspecified atom stereocenters. The Kier molecular flexibility index (Phi) is 4.16. The smallest absolute Gasteiger partial charge is 0.410 e. The highest BCUT2D eigenvalue weighted by Gasteiger charge is 2.52. The molecule has 1 fully saturated rings. The van der Waals surface area contributed by atoms with Crippen LogP contribution in [0.5, 0.6) is 0 Å². The third-order valence-electron chi connectivity index (χ3n) is 3.96. The van der Waals surface area contributed by atoms with Crippen molar-refractivity contribution in [3.63, 3.8) is 0 Å². The Bertz CT molecular complexity index is 643. The van der Waals surface area contributed by atoms with E-state index < -0.39 is 23.5 Å². The van der Waals surface area contributed by atoms with Crippen molar-refractivity contribution < 1.29 is 19.5 Å². The fourth-order valence-corrected chi connectivity index (χ4v) is 2.96. The number of oxime groups is 1. The zero-order chi connectivity index (χ0) is 17.4. The van der Waals surface area contributed by atoms with Gasteiger partial charge in [-0.2, -0.15) is 0 Å². The van der Waals surface area contributed by atoms with Gasteiger partial charge in [-0.1, -0.05) is 5.16 Å². The molecule has 2 aliphatic heterocycles. The van der Waals surface area contributed by atoms with Crippen molar-refractivity contribution in [2.24, 2.45) is 5.16 Å². The standard InChI is InChI=1S/C16H22N4O4/c1-15(2,3)23-14(21)20-9-4-6-12(20)16(22)10-11(19-24-16)13-17-7-5-8-18-13/h5,7-8,12,22H,4,6,9-10H2,1-3H3/t12?,16-/m0/s1. The van der Waals surface area contributed by atoms with Crippen molar-refractivity contribution in [2.45, 2.75) is 57.5 Å². The molecule has 1 amide bonds. The van der Waals surface area contributed by atoms with E-state index in [9.17, 15) is 9.90 Å². The molecular formula is C16H22N4O4. The Morgan fingerprint density at radius 1 is 1.42 bits per heavy atom. The fourth-order valence-electron chi connectivity index (χ4n) is 2.96. The zero-order valence-electron chi connectivity index (χ0n) is 14.1. The summed E-state index contributed by atoms with van der Waals surface area (Å²) in [4.78, 5) is 27.5. The first kappa shape index (κ1) is 16.6. The molecule has 8 heteroatoms. The predicted octanol–water partition coefficient (Wildman–Crippen LogP) is 1.69. The van der Waals surface area contributed by atoms with Crippen molar-refractivity contribution in [3.05, 3.63) is 24.3 Å². The van der Waals surface area contributed by atoms with Gasteiger partial charge in [0.2, 0.25) is 0 Å². The first-order chi connectivity index (χ1) is 11.3. The first-order valence-corrected chi connectivity index (χ1v) is 8.03. The second kappa shape index (κ2) is 6.01. The van der Waals surface area contributed by atoms with Crippen LogP contribution in [0.2, 0.25) is 0 Å². The second-order valence-electron chi connectivity index (χ2n) is 7.06. The maximum Gasteiger partial charge on any atom is 0.410 e. The van der Waals surface area contributed by atoms with Gasteiger partial charge in [-0.05, 0) is 39.7 Å². The van der Waals surface area contributed by atoms with Gasteiger partial charge in [0, 0.05) is 18.9 Å². The molecule has 0 aliphatic carbocycles. The molecule has 0 aromatic carbocycles. The van der Waals surface area contributed by atoms with Gasteiger partial charge >= 0.3 is 6.09 Å². The normalized spacial score (nSPS) is 26.9. The summed E-state index contributed by atoms with van der Waals surface area (Å²) in [6.07, 6.45) is 4.27. The minimum absolute atomic E-state index is 0.126. The molecule has 0 radical (unpaired) electrons. The molecule has 8 nitrogen and oxygen atoms in total. The number of carbonyl (C=O) groups excluding carboxylic acids is 1. The van der Waals surface area contributed by atoms with Crippen LogP contribution in [-0.4, -0.2) is 55.8 Å². The molecule has 1 saturated heterocycles. The summed E-state index contributed by atoms with van der Waals surface area (Å²) in [5, 5.41) is 14.8. The molecule has 2 atom stereocenters. The number of amides is 1. The van der Waals surface area contributed by atoms with E-state index in [2.05, 4.69) is 15.1 Å². The SMILES string of the molecule is CC(C)(C)OC(=O)N1CCCC1[C@]1(O)CC(c2ncccn2)=NO1. The van der Waals surface area contributed by atoms with Crippen LogP contribution < -0.4 is 0 Å². The molecule has 3 heterocycles. The van der Waals surface area contributed by atoms with Crippen LogP contribution in [0, 0.1) is 0 Å². The second-order valence-corrected chi connectivity index (χ2v) is 7.06. The van der Waals surface area contributed by atoms with Crippen LogP contribution in [0.1, 0.15) is 45.9 Å². The minimum atomic E-state index is -1.58. The Labute approximate surface area is 140 Å². The lowest BCUT2D eigenvalue weighted by molar-refractivity contribution is -0.217. The van der Waals surface area contributed by atoms with E-state index in [0.717, 1.165) is 6.42 Å².